The van der Waals surface area contributed by atoms with Crippen LogP contribution in [0.4, 0.5) is 4.39 Å². The molecule has 0 bridgehead atoms. The Balaban J connectivity index is 1.64. The van der Waals surface area contributed by atoms with Crippen LogP contribution < -0.4 is 5.32 Å². The standard InChI is InChI=1S/C23H25FN4O3S/c1-27-15-12-25-22(27)21(19-10-3-4-11-20(19)24)26-23(29)17-8-7-9-18(16-17)32(30,31)28-13-5-2-6-14-28/h3-4,7-12,15-16,21H,2,5-6,13-14H2,1H3,(H,26,29)/t21-/m1/s1. The number of nitrogens with one attached hydrogen (secondary N) is 1. The van der Waals surface area contributed by atoms with Crippen molar-refractivity contribution in [2.24, 2.45) is 7.05 Å². The van der Waals surface area contributed by atoms with Gasteiger partial charge < -0.3 is 9.88 Å². The second kappa shape index (κ2) is 9.22. The Hall–Kier alpha value is -3.04. The first-order valence-corrected chi connectivity index (χ1v) is 11.9. The predicted octanol–water partition coefficient (Wildman–Crippen LogP) is 3.25. The van der Waals surface area contributed by atoms with Crippen molar-refractivity contribution in [2.45, 2.75) is 30.2 Å². The summed E-state index contributed by atoms with van der Waals surface area (Å²) in [5.74, 6) is -0.528. The summed E-state index contributed by atoms with van der Waals surface area (Å²) < 4.78 is 43.8. The highest BCUT2D eigenvalue weighted by molar-refractivity contribution is 7.89. The molecule has 1 N–H and O–H groups in total. The lowest BCUT2D eigenvalue weighted by Gasteiger charge is -2.26. The summed E-state index contributed by atoms with van der Waals surface area (Å²) in [7, 11) is -1.92. The minimum atomic E-state index is -3.68. The zero-order chi connectivity index (χ0) is 22.7. The zero-order valence-corrected chi connectivity index (χ0v) is 18.6. The summed E-state index contributed by atoms with van der Waals surface area (Å²) >= 11 is 0. The van der Waals surface area contributed by atoms with Crippen LogP contribution in [0.1, 0.15) is 47.1 Å². The van der Waals surface area contributed by atoms with Gasteiger partial charge in [-0.3, -0.25) is 4.79 Å². The van der Waals surface area contributed by atoms with Gasteiger partial charge in [-0.1, -0.05) is 30.7 Å². The normalized spacial score (nSPS) is 15.9. The van der Waals surface area contributed by atoms with Crippen LogP contribution in [-0.4, -0.2) is 41.3 Å². The summed E-state index contributed by atoms with van der Waals surface area (Å²) in [4.78, 5) is 17.5. The molecule has 2 heterocycles. The fraction of sp³-hybridized carbons (Fsp3) is 0.304. The van der Waals surface area contributed by atoms with E-state index in [1.807, 2.05) is 0 Å². The van der Waals surface area contributed by atoms with E-state index in [0.29, 0.717) is 18.9 Å². The first kappa shape index (κ1) is 22.2. The highest BCUT2D eigenvalue weighted by Crippen LogP contribution is 2.25. The van der Waals surface area contributed by atoms with E-state index in [2.05, 4.69) is 10.3 Å². The molecule has 9 heteroatoms. The third-order valence-electron chi connectivity index (χ3n) is 5.66. The van der Waals surface area contributed by atoms with Gasteiger partial charge in [0.15, 0.2) is 0 Å². The zero-order valence-electron chi connectivity index (χ0n) is 17.7. The molecule has 1 atom stereocenters. The number of carbonyl (C=O) groups is 1. The Bertz CT molecular complexity index is 1220. The van der Waals surface area contributed by atoms with E-state index < -0.39 is 27.8 Å². The predicted molar refractivity (Wildman–Crippen MR) is 118 cm³/mol. The van der Waals surface area contributed by atoms with E-state index in [1.165, 1.54) is 22.5 Å². The first-order chi connectivity index (χ1) is 15.4. The van der Waals surface area contributed by atoms with E-state index >= 15 is 0 Å². The molecule has 1 saturated heterocycles. The molecule has 3 aromatic rings. The van der Waals surface area contributed by atoms with Crippen molar-refractivity contribution >= 4 is 15.9 Å². The van der Waals surface area contributed by atoms with Crippen molar-refractivity contribution in [1.82, 2.24) is 19.2 Å². The number of sulfonamides is 1. The number of nitrogens with zero attached hydrogens (tertiary/aromatic N) is 3. The van der Waals surface area contributed by atoms with Gasteiger partial charge in [0.1, 0.15) is 17.7 Å². The van der Waals surface area contributed by atoms with Gasteiger partial charge in [-0.2, -0.15) is 4.31 Å². The number of rotatable bonds is 6. The van der Waals surface area contributed by atoms with Crippen molar-refractivity contribution in [2.75, 3.05) is 13.1 Å². The number of aryl methyl sites for hydroxylation is 1. The molecule has 2 aromatic carbocycles. The van der Waals surface area contributed by atoms with Gasteiger partial charge in [-0.05, 0) is 37.1 Å². The molecule has 0 aliphatic carbocycles. The highest BCUT2D eigenvalue weighted by Gasteiger charge is 2.28. The fourth-order valence-corrected chi connectivity index (χ4v) is 5.48. The molecule has 1 aliphatic heterocycles. The maximum Gasteiger partial charge on any atom is 0.252 e. The van der Waals surface area contributed by atoms with E-state index in [-0.39, 0.29) is 16.0 Å². The largest absolute Gasteiger partial charge is 0.338 e. The SMILES string of the molecule is Cn1ccnc1[C@H](NC(=O)c1cccc(S(=O)(=O)N2CCCCC2)c1)c1ccccc1F. The summed E-state index contributed by atoms with van der Waals surface area (Å²) in [6.45, 7) is 0.959. The van der Waals surface area contributed by atoms with E-state index in [0.717, 1.165) is 19.3 Å². The van der Waals surface area contributed by atoms with Crippen LogP contribution in [0.15, 0.2) is 65.8 Å². The Morgan fingerprint density at radius 2 is 1.84 bits per heavy atom. The first-order valence-electron chi connectivity index (χ1n) is 10.5. The van der Waals surface area contributed by atoms with Gasteiger partial charge >= 0.3 is 0 Å². The molecule has 1 amide bonds. The molecule has 0 spiro atoms. The Morgan fingerprint density at radius 1 is 1.09 bits per heavy atom. The van der Waals surface area contributed by atoms with Gasteiger partial charge in [0.25, 0.3) is 5.91 Å². The van der Waals surface area contributed by atoms with Gasteiger partial charge in [0.2, 0.25) is 10.0 Å². The lowest BCUT2D eigenvalue weighted by Crippen LogP contribution is -2.36. The maximum atomic E-state index is 14.6. The minimum absolute atomic E-state index is 0.0754. The van der Waals surface area contributed by atoms with Crippen molar-refractivity contribution in [3.8, 4) is 0 Å². The minimum Gasteiger partial charge on any atom is -0.338 e. The number of benzene rings is 2. The number of piperidine rings is 1. The molecule has 1 fully saturated rings. The molecule has 1 aliphatic rings. The van der Waals surface area contributed by atoms with Crippen molar-refractivity contribution in [3.63, 3.8) is 0 Å². The monoisotopic (exact) mass is 456 g/mol. The smallest absolute Gasteiger partial charge is 0.252 e. The number of amides is 1. The number of hydrogen-bond donors (Lipinski definition) is 1. The van der Waals surface area contributed by atoms with Crippen molar-refractivity contribution in [3.05, 3.63) is 83.7 Å². The number of halogens is 1. The molecule has 1 aromatic heterocycles. The van der Waals surface area contributed by atoms with E-state index in [1.54, 1.807) is 54.3 Å². The topological polar surface area (TPSA) is 84.3 Å². The number of imidazole rings is 1. The lowest BCUT2D eigenvalue weighted by atomic mass is 10.0. The van der Waals surface area contributed by atoms with Gasteiger partial charge in [0.05, 0.1) is 4.90 Å². The highest BCUT2D eigenvalue weighted by atomic mass is 32.2. The van der Waals surface area contributed by atoms with Crippen LogP contribution in [0.5, 0.6) is 0 Å². The molecule has 0 radical (unpaired) electrons. The molecule has 7 nitrogen and oxygen atoms in total. The van der Waals surface area contributed by atoms with Crippen LogP contribution in [0.2, 0.25) is 0 Å². The summed E-state index contributed by atoms with van der Waals surface area (Å²) in [6.07, 6.45) is 5.95. The molecule has 32 heavy (non-hydrogen) atoms. The summed E-state index contributed by atoms with van der Waals surface area (Å²) in [5, 5.41) is 2.82. The van der Waals surface area contributed by atoms with Crippen LogP contribution in [0.25, 0.3) is 0 Å². The third kappa shape index (κ3) is 4.44. The second-order valence-corrected chi connectivity index (χ2v) is 9.75. The van der Waals surface area contributed by atoms with Crippen LogP contribution >= 0.6 is 0 Å². The van der Waals surface area contributed by atoms with Crippen LogP contribution in [0, 0.1) is 5.82 Å². The Morgan fingerprint density at radius 3 is 2.53 bits per heavy atom. The van der Waals surface area contributed by atoms with Gasteiger partial charge in [-0.25, -0.2) is 17.8 Å². The summed E-state index contributed by atoms with van der Waals surface area (Å²) in [5.41, 5.74) is 0.450. The lowest BCUT2D eigenvalue weighted by molar-refractivity contribution is 0.0940. The fourth-order valence-electron chi connectivity index (χ4n) is 3.91. The quantitative estimate of drug-likeness (QED) is 0.617. The average molecular weight is 457 g/mol. The third-order valence-corrected chi connectivity index (χ3v) is 7.55. The van der Waals surface area contributed by atoms with E-state index in [4.69, 9.17) is 0 Å². The molecule has 168 valence electrons. The van der Waals surface area contributed by atoms with Crippen molar-refractivity contribution < 1.29 is 17.6 Å². The Labute approximate surface area is 186 Å². The molecular formula is C23H25FN4O3S. The van der Waals surface area contributed by atoms with Crippen LogP contribution in [-0.2, 0) is 17.1 Å². The summed E-state index contributed by atoms with van der Waals surface area (Å²) in [6, 6.07) is 11.3. The number of aromatic nitrogens is 2. The average Bonchev–Trinajstić information content (AvgIpc) is 3.24. The molecular weight excluding hydrogens is 431 g/mol. The van der Waals surface area contributed by atoms with E-state index in [9.17, 15) is 17.6 Å². The molecule has 0 unspecified atom stereocenters. The maximum absolute atomic E-state index is 14.6. The van der Waals surface area contributed by atoms with Crippen LogP contribution in [0.3, 0.4) is 0 Å². The molecule has 4 rings (SSSR count). The Kier molecular flexibility index (Phi) is 6.38. The van der Waals surface area contributed by atoms with Gasteiger partial charge in [0, 0.05) is 43.7 Å². The van der Waals surface area contributed by atoms with Gasteiger partial charge in [-0.15, -0.1) is 0 Å². The molecule has 0 saturated carbocycles. The number of carbonyl (C=O) groups excluding carboxylic acids is 1. The second-order valence-electron chi connectivity index (χ2n) is 7.82. The van der Waals surface area contributed by atoms with Crippen molar-refractivity contribution in [1.29, 1.82) is 0 Å². The number of hydrogen-bond acceptors (Lipinski definition) is 4.